The zero-order valence-corrected chi connectivity index (χ0v) is 13.7. The summed E-state index contributed by atoms with van der Waals surface area (Å²) in [5.74, 6) is -0.532. The third-order valence-electron chi connectivity index (χ3n) is 5.36. The van der Waals surface area contributed by atoms with Gasteiger partial charge in [-0.05, 0) is 29.2 Å². The first-order valence-corrected chi connectivity index (χ1v) is 7.56. The van der Waals surface area contributed by atoms with Gasteiger partial charge in [0, 0.05) is 6.04 Å². The Kier molecular flexibility index (Phi) is 3.72. The number of aryl methyl sites for hydroxylation is 1. The molecular formula is C16H25N3O2. The third-order valence-corrected chi connectivity index (χ3v) is 5.36. The van der Waals surface area contributed by atoms with Crippen molar-refractivity contribution in [2.75, 3.05) is 5.32 Å². The van der Waals surface area contributed by atoms with Crippen molar-refractivity contribution < 1.29 is 9.90 Å². The topological polar surface area (TPSA) is 75.1 Å². The van der Waals surface area contributed by atoms with E-state index in [2.05, 4.69) is 43.2 Å². The molecule has 1 aromatic rings. The summed E-state index contributed by atoms with van der Waals surface area (Å²) in [4.78, 5) is 11.7. The van der Waals surface area contributed by atoms with Crippen LogP contribution < -0.4 is 5.32 Å². The van der Waals surface area contributed by atoms with E-state index in [-0.39, 0.29) is 22.4 Å². The van der Waals surface area contributed by atoms with E-state index in [1.807, 2.05) is 13.8 Å². The summed E-state index contributed by atoms with van der Waals surface area (Å²) < 4.78 is 0. The molecule has 1 aliphatic carbocycles. The van der Waals surface area contributed by atoms with E-state index in [0.29, 0.717) is 18.7 Å². The maximum absolute atomic E-state index is 11.7. The maximum atomic E-state index is 11.7. The predicted molar refractivity (Wildman–Crippen MR) is 82.7 cm³/mol. The second-order valence-corrected chi connectivity index (χ2v) is 6.88. The van der Waals surface area contributed by atoms with Crippen LogP contribution in [0.3, 0.4) is 0 Å². The summed E-state index contributed by atoms with van der Waals surface area (Å²) >= 11 is 0. The molecule has 0 radical (unpaired) electrons. The van der Waals surface area contributed by atoms with E-state index in [9.17, 15) is 9.90 Å². The molecule has 21 heavy (non-hydrogen) atoms. The summed E-state index contributed by atoms with van der Waals surface area (Å²) in [6, 6.07) is 0.203. The molecule has 1 heterocycles. The van der Waals surface area contributed by atoms with E-state index in [1.165, 1.54) is 0 Å². The average Bonchev–Trinajstić information content (AvgIpc) is 2.79. The molecule has 5 nitrogen and oxygen atoms in total. The number of carbonyl (C=O) groups is 1. The highest BCUT2D eigenvalue weighted by Crippen LogP contribution is 2.63. The van der Waals surface area contributed by atoms with Crippen LogP contribution in [0.4, 0.5) is 5.82 Å². The SMILES string of the molecule is CCc1nnc(NC2C(C)(C)C2(C)C)c(C(=O)O)c1CC. The lowest BCUT2D eigenvalue weighted by Gasteiger charge is -2.14. The van der Waals surface area contributed by atoms with Crippen LogP contribution >= 0.6 is 0 Å². The van der Waals surface area contributed by atoms with Gasteiger partial charge < -0.3 is 10.4 Å². The van der Waals surface area contributed by atoms with Crippen molar-refractivity contribution in [1.82, 2.24) is 10.2 Å². The third kappa shape index (κ3) is 2.28. The van der Waals surface area contributed by atoms with Gasteiger partial charge in [0.15, 0.2) is 5.82 Å². The van der Waals surface area contributed by atoms with Crippen molar-refractivity contribution in [1.29, 1.82) is 0 Å². The number of aromatic nitrogens is 2. The largest absolute Gasteiger partial charge is 0.478 e. The van der Waals surface area contributed by atoms with Gasteiger partial charge in [0.1, 0.15) is 5.56 Å². The standard InChI is InChI=1S/C16H25N3O2/c1-7-9-10(8-2)18-19-12(11(9)13(20)21)17-14-15(3,4)16(14,5)6/h14H,7-8H2,1-6H3,(H,17,19)(H,20,21). The molecule has 0 spiro atoms. The highest BCUT2D eigenvalue weighted by Gasteiger charge is 2.65. The molecule has 0 aliphatic heterocycles. The summed E-state index contributed by atoms with van der Waals surface area (Å²) in [6.45, 7) is 12.6. The van der Waals surface area contributed by atoms with Gasteiger partial charge in [0.2, 0.25) is 0 Å². The fourth-order valence-corrected chi connectivity index (χ4v) is 3.20. The van der Waals surface area contributed by atoms with Gasteiger partial charge in [-0.25, -0.2) is 4.79 Å². The minimum Gasteiger partial charge on any atom is -0.478 e. The molecule has 0 bridgehead atoms. The van der Waals surface area contributed by atoms with Crippen LogP contribution in [0.15, 0.2) is 0 Å². The number of carboxylic acid groups (broad SMARTS) is 1. The lowest BCUT2D eigenvalue weighted by molar-refractivity contribution is 0.0696. The van der Waals surface area contributed by atoms with Crippen molar-refractivity contribution in [3.05, 3.63) is 16.8 Å². The van der Waals surface area contributed by atoms with E-state index < -0.39 is 5.97 Å². The van der Waals surface area contributed by atoms with Crippen molar-refractivity contribution >= 4 is 11.8 Å². The molecule has 0 aromatic carbocycles. The summed E-state index contributed by atoms with van der Waals surface area (Å²) in [5, 5.41) is 21.3. The molecule has 0 atom stereocenters. The number of aromatic carboxylic acids is 1. The number of nitrogens with one attached hydrogen (secondary N) is 1. The molecule has 2 rings (SSSR count). The van der Waals surface area contributed by atoms with Crippen LogP contribution in [0.25, 0.3) is 0 Å². The number of rotatable bonds is 5. The number of hydrogen-bond donors (Lipinski definition) is 2. The van der Waals surface area contributed by atoms with Gasteiger partial charge in [0.05, 0.1) is 5.69 Å². The van der Waals surface area contributed by atoms with Crippen LogP contribution in [0.5, 0.6) is 0 Å². The normalized spacial score (nSPS) is 19.3. The monoisotopic (exact) mass is 291 g/mol. The van der Waals surface area contributed by atoms with E-state index in [4.69, 9.17) is 0 Å². The fraction of sp³-hybridized carbons (Fsp3) is 0.688. The van der Waals surface area contributed by atoms with Gasteiger partial charge in [-0.1, -0.05) is 41.5 Å². The zero-order chi connectivity index (χ0) is 16.0. The molecule has 1 fully saturated rings. The van der Waals surface area contributed by atoms with E-state index in [1.54, 1.807) is 0 Å². The molecule has 2 N–H and O–H groups in total. The molecule has 1 saturated carbocycles. The number of nitrogens with zero attached hydrogens (tertiary/aromatic N) is 2. The van der Waals surface area contributed by atoms with E-state index in [0.717, 1.165) is 11.3 Å². The Morgan fingerprint density at radius 2 is 1.71 bits per heavy atom. The summed E-state index contributed by atoms with van der Waals surface area (Å²) in [7, 11) is 0. The van der Waals surface area contributed by atoms with Crippen LogP contribution in [-0.4, -0.2) is 27.3 Å². The summed E-state index contributed by atoms with van der Waals surface area (Å²) in [6.07, 6.45) is 1.34. The molecule has 0 saturated heterocycles. The summed E-state index contributed by atoms with van der Waals surface area (Å²) in [5.41, 5.74) is 2.07. The Labute approximate surface area is 126 Å². The predicted octanol–water partition coefficient (Wildman–Crippen LogP) is 3.15. The molecule has 0 amide bonds. The molecule has 0 unspecified atom stereocenters. The first-order chi connectivity index (χ1) is 9.68. The first-order valence-electron chi connectivity index (χ1n) is 7.56. The second-order valence-electron chi connectivity index (χ2n) is 6.88. The molecule has 1 aliphatic rings. The van der Waals surface area contributed by atoms with Crippen LogP contribution in [0.1, 0.15) is 63.2 Å². The van der Waals surface area contributed by atoms with Gasteiger partial charge in [0.25, 0.3) is 0 Å². The molecule has 116 valence electrons. The van der Waals surface area contributed by atoms with Crippen molar-refractivity contribution in [3.8, 4) is 0 Å². The van der Waals surface area contributed by atoms with Crippen LogP contribution in [0.2, 0.25) is 0 Å². The van der Waals surface area contributed by atoms with Crippen molar-refractivity contribution in [3.63, 3.8) is 0 Å². The van der Waals surface area contributed by atoms with Crippen molar-refractivity contribution in [2.24, 2.45) is 10.8 Å². The Bertz CT molecular complexity index is 565. The quantitative estimate of drug-likeness (QED) is 0.871. The maximum Gasteiger partial charge on any atom is 0.339 e. The second kappa shape index (κ2) is 4.97. The Hall–Kier alpha value is -1.65. The lowest BCUT2D eigenvalue weighted by Crippen LogP contribution is -2.19. The van der Waals surface area contributed by atoms with Crippen molar-refractivity contribution in [2.45, 2.75) is 60.4 Å². The van der Waals surface area contributed by atoms with Gasteiger partial charge in [-0.2, -0.15) is 5.10 Å². The lowest BCUT2D eigenvalue weighted by atomic mass is 10.0. The minimum absolute atomic E-state index is 0.111. The van der Waals surface area contributed by atoms with Crippen LogP contribution in [0, 0.1) is 10.8 Å². The highest BCUT2D eigenvalue weighted by molar-refractivity contribution is 5.95. The van der Waals surface area contributed by atoms with Gasteiger partial charge in [-0.3, -0.25) is 0 Å². The number of anilines is 1. The Morgan fingerprint density at radius 3 is 2.10 bits per heavy atom. The smallest absolute Gasteiger partial charge is 0.339 e. The highest BCUT2D eigenvalue weighted by atomic mass is 16.4. The molecule has 1 aromatic heterocycles. The Morgan fingerprint density at radius 1 is 1.14 bits per heavy atom. The fourth-order valence-electron chi connectivity index (χ4n) is 3.20. The Balaban J connectivity index is 2.44. The van der Waals surface area contributed by atoms with E-state index >= 15 is 0 Å². The molecule has 5 heteroatoms. The number of carboxylic acids is 1. The minimum atomic E-state index is -0.935. The number of hydrogen-bond acceptors (Lipinski definition) is 4. The average molecular weight is 291 g/mol. The van der Waals surface area contributed by atoms with Gasteiger partial charge in [-0.15, -0.1) is 5.10 Å². The van der Waals surface area contributed by atoms with Gasteiger partial charge >= 0.3 is 5.97 Å². The van der Waals surface area contributed by atoms with Crippen LogP contribution in [-0.2, 0) is 12.8 Å². The molecular weight excluding hydrogens is 266 g/mol. The zero-order valence-electron chi connectivity index (χ0n) is 13.7. The first kappa shape index (κ1) is 15.7.